The van der Waals surface area contributed by atoms with Crippen molar-refractivity contribution in [2.24, 2.45) is 13.0 Å². The number of aryl methyl sites for hydroxylation is 1. The standard InChI is InChI=1S/C18H19FN6O2S/c1-10(2)15-7-5-13-16(25(3)23-18(13)28(21,27)24-15)17(26)22-12-4-6-14(19)11(8-12)9-20/h4-8,10,15H,1-3H3,(H,22,26)(H2,21,24,27)/t15-,28?/m1/s1. The maximum atomic E-state index is 13.5. The lowest BCUT2D eigenvalue weighted by Gasteiger charge is -2.17. The number of carbonyl (C=O) groups excluding carboxylic acids is 1. The summed E-state index contributed by atoms with van der Waals surface area (Å²) in [7, 11) is -1.90. The van der Waals surface area contributed by atoms with Crippen molar-refractivity contribution in [3.05, 3.63) is 46.9 Å². The molecule has 0 fully saturated rings. The Bertz CT molecular complexity index is 1130. The number of rotatable bonds is 3. The molecule has 3 N–H and O–H groups in total. The lowest BCUT2D eigenvalue weighted by Crippen LogP contribution is -2.35. The van der Waals surface area contributed by atoms with Gasteiger partial charge in [-0.1, -0.05) is 26.0 Å². The Labute approximate surface area is 162 Å². The molecule has 0 saturated heterocycles. The molecule has 1 aromatic carbocycles. The third-order valence-corrected chi connectivity index (χ3v) is 5.82. The van der Waals surface area contributed by atoms with Crippen molar-refractivity contribution in [1.82, 2.24) is 14.5 Å². The van der Waals surface area contributed by atoms with Gasteiger partial charge in [-0.25, -0.2) is 18.1 Å². The Hall–Kier alpha value is -3.03. The number of amides is 1. The molecule has 2 atom stereocenters. The van der Waals surface area contributed by atoms with Crippen molar-refractivity contribution in [3.63, 3.8) is 0 Å². The molecule has 8 nitrogen and oxygen atoms in total. The van der Waals surface area contributed by atoms with Crippen LogP contribution in [0.4, 0.5) is 10.1 Å². The van der Waals surface area contributed by atoms with Crippen molar-refractivity contribution in [2.45, 2.75) is 24.9 Å². The zero-order chi connectivity index (χ0) is 20.6. The summed E-state index contributed by atoms with van der Waals surface area (Å²) in [6, 6.07) is 5.05. The minimum Gasteiger partial charge on any atom is -0.321 e. The molecule has 1 amide bonds. The smallest absolute Gasteiger partial charge is 0.274 e. The van der Waals surface area contributed by atoms with Gasteiger partial charge >= 0.3 is 0 Å². The van der Waals surface area contributed by atoms with Gasteiger partial charge in [-0.3, -0.25) is 9.48 Å². The Kier molecular flexibility index (Phi) is 5.06. The van der Waals surface area contributed by atoms with E-state index < -0.39 is 21.6 Å². The summed E-state index contributed by atoms with van der Waals surface area (Å²) in [5.74, 6) is -1.17. The van der Waals surface area contributed by atoms with E-state index in [4.69, 9.17) is 10.0 Å². The van der Waals surface area contributed by atoms with E-state index in [0.29, 0.717) is 5.56 Å². The number of hydrogen-bond acceptors (Lipinski definition) is 5. The van der Waals surface area contributed by atoms with Crippen LogP contribution < -0.4 is 10.0 Å². The monoisotopic (exact) mass is 402 g/mol. The van der Waals surface area contributed by atoms with E-state index >= 15 is 0 Å². The molecule has 0 radical (unpaired) electrons. The molecule has 3 rings (SSSR count). The third-order valence-electron chi connectivity index (χ3n) is 4.37. The van der Waals surface area contributed by atoms with Gasteiger partial charge in [0.1, 0.15) is 17.6 Å². The topological polar surface area (TPSA) is 124 Å². The van der Waals surface area contributed by atoms with Gasteiger partial charge in [0.15, 0.2) is 14.9 Å². The maximum Gasteiger partial charge on any atom is 0.274 e. The fourth-order valence-corrected chi connectivity index (χ4v) is 4.43. The second-order valence-electron chi connectivity index (χ2n) is 6.75. The number of carbonyl (C=O) groups is 1. The first kappa shape index (κ1) is 19.7. The second-order valence-corrected chi connectivity index (χ2v) is 8.49. The van der Waals surface area contributed by atoms with Crippen molar-refractivity contribution in [2.75, 3.05) is 5.32 Å². The summed E-state index contributed by atoms with van der Waals surface area (Å²) in [5.41, 5.74) is 0.443. The summed E-state index contributed by atoms with van der Waals surface area (Å²) >= 11 is 0. The highest BCUT2D eigenvalue weighted by atomic mass is 32.2. The molecular formula is C18H19FN6O2S. The van der Waals surface area contributed by atoms with E-state index in [9.17, 15) is 13.4 Å². The summed E-state index contributed by atoms with van der Waals surface area (Å²) in [5, 5.41) is 15.6. The Morgan fingerprint density at radius 1 is 1.50 bits per heavy atom. The molecule has 1 aromatic heterocycles. The van der Waals surface area contributed by atoms with Crippen LogP contribution in [0.25, 0.3) is 6.08 Å². The first-order chi connectivity index (χ1) is 13.1. The minimum absolute atomic E-state index is 0.0172. The molecule has 0 saturated carbocycles. The van der Waals surface area contributed by atoms with Crippen molar-refractivity contribution >= 4 is 27.6 Å². The van der Waals surface area contributed by atoms with Crippen molar-refractivity contribution in [3.8, 4) is 6.07 Å². The Morgan fingerprint density at radius 3 is 2.86 bits per heavy atom. The highest BCUT2D eigenvalue weighted by Gasteiger charge is 2.30. The average molecular weight is 402 g/mol. The summed E-state index contributed by atoms with van der Waals surface area (Å²) in [4.78, 5) is 12.8. The van der Waals surface area contributed by atoms with Gasteiger partial charge < -0.3 is 5.32 Å². The predicted molar refractivity (Wildman–Crippen MR) is 102 cm³/mol. The maximum absolute atomic E-state index is 13.5. The lowest BCUT2D eigenvalue weighted by molar-refractivity contribution is 0.101. The van der Waals surface area contributed by atoms with Crippen molar-refractivity contribution < 1.29 is 13.4 Å². The highest BCUT2D eigenvalue weighted by molar-refractivity contribution is 7.90. The molecular weight excluding hydrogens is 383 g/mol. The molecule has 1 aliphatic heterocycles. The molecule has 0 aliphatic carbocycles. The average Bonchev–Trinajstić information content (AvgIpc) is 2.90. The van der Waals surface area contributed by atoms with E-state index in [1.165, 1.54) is 23.9 Å². The zero-order valence-electron chi connectivity index (χ0n) is 15.5. The lowest BCUT2D eigenvalue weighted by atomic mass is 10.0. The molecule has 146 valence electrons. The van der Waals surface area contributed by atoms with Crippen LogP contribution in [0.5, 0.6) is 0 Å². The predicted octanol–water partition coefficient (Wildman–Crippen LogP) is 2.64. The number of aromatic nitrogens is 2. The van der Waals surface area contributed by atoms with Gasteiger partial charge in [0.25, 0.3) is 5.91 Å². The molecule has 1 unspecified atom stereocenters. The number of halogens is 1. The fraction of sp³-hybridized carbons (Fsp3) is 0.278. The molecule has 0 spiro atoms. The number of anilines is 1. The summed E-state index contributed by atoms with van der Waals surface area (Å²) in [6.45, 7) is 3.85. The highest BCUT2D eigenvalue weighted by Crippen LogP contribution is 2.26. The van der Waals surface area contributed by atoms with E-state index in [0.717, 1.165) is 6.07 Å². The molecule has 1 aliphatic rings. The third kappa shape index (κ3) is 3.54. The van der Waals surface area contributed by atoms with Crippen LogP contribution in [-0.4, -0.2) is 25.9 Å². The van der Waals surface area contributed by atoms with E-state index in [-0.39, 0.29) is 33.9 Å². The first-order valence-corrected chi connectivity index (χ1v) is 10.0. The van der Waals surface area contributed by atoms with Crippen LogP contribution in [0, 0.1) is 27.8 Å². The zero-order valence-corrected chi connectivity index (χ0v) is 16.3. The number of nitriles is 1. The van der Waals surface area contributed by atoms with Gasteiger partial charge in [-0.2, -0.15) is 10.4 Å². The van der Waals surface area contributed by atoms with E-state index in [1.54, 1.807) is 18.2 Å². The van der Waals surface area contributed by atoms with Gasteiger partial charge in [-0.05, 0) is 24.1 Å². The largest absolute Gasteiger partial charge is 0.321 e. The van der Waals surface area contributed by atoms with E-state index in [2.05, 4.69) is 15.1 Å². The molecule has 0 bridgehead atoms. The Balaban J connectivity index is 2.03. The number of benzene rings is 1. The number of fused-ring (bicyclic) bond motifs is 1. The molecule has 10 heteroatoms. The van der Waals surface area contributed by atoms with Crippen LogP contribution in [-0.2, 0) is 17.0 Å². The van der Waals surface area contributed by atoms with E-state index in [1.807, 2.05) is 13.8 Å². The molecule has 2 heterocycles. The second kappa shape index (κ2) is 7.18. The van der Waals surface area contributed by atoms with Crippen LogP contribution in [0.3, 0.4) is 0 Å². The van der Waals surface area contributed by atoms with Crippen LogP contribution >= 0.6 is 0 Å². The van der Waals surface area contributed by atoms with Crippen LogP contribution in [0.15, 0.2) is 29.3 Å². The number of nitrogens with zero attached hydrogens (tertiary/aromatic N) is 3. The normalized spacial score (nSPS) is 21.1. The molecule has 28 heavy (non-hydrogen) atoms. The quantitative estimate of drug-likeness (QED) is 0.730. The van der Waals surface area contributed by atoms with Crippen LogP contribution in [0.1, 0.15) is 35.5 Å². The fourth-order valence-electron chi connectivity index (χ4n) is 2.87. The number of hydrogen-bond donors (Lipinski definition) is 3. The van der Waals surface area contributed by atoms with Gasteiger partial charge in [0, 0.05) is 24.3 Å². The summed E-state index contributed by atoms with van der Waals surface area (Å²) in [6.07, 6.45) is 3.40. The summed E-state index contributed by atoms with van der Waals surface area (Å²) < 4.78 is 38.6. The minimum atomic E-state index is -3.41. The van der Waals surface area contributed by atoms with Gasteiger partial charge in [0.05, 0.1) is 5.56 Å². The molecule has 2 aromatic rings. The SMILES string of the molecule is CC(C)[C@H]1C=Cc2c(nn(C)c2C(=O)Nc2ccc(F)c(C#N)c2)S(=N)(=O)N1. The first-order valence-electron chi connectivity index (χ1n) is 8.46. The van der Waals surface area contributed by atoms with Gasteiger partial charge in [-0.15, -0.1) is 0 Å². The van der Waals surface area contributed by atoms with Gasteiger partial charge in [0.2, 0.25) is 0 Å². The van der Waals surface area contributed by atoms with Crippen molar-refractivity contribution in [1.29, 1.82) is 10.0 Å². The Morgan fingerprint density at radius 2 is 2.21 bits per heavy atom. The number of nitrogens with one attached hydrogen (secondary N) is 3. The van der Waals surface area contributed by atoms with Crippen LogP contribution in [0.2, 0.25) is 0 Å².